The van der Waals surface area contributed by atoms with Gasteiger partial charge in [0.2, 0.25) is 0 Å². The lowest BCUT2D eigenvalue weighted by Gasteiger charge is -2.34. The Kier molecular flexibility index (Phi) is 6.53. The van der Waals surface area contributed by atoms with Gasteiger partial charge < -0.3 is 20.0 Å². The average Bonchev–Trinajstić information content (AvgIpc) is 3.37. The molecule has 1 atom stereocenters. The van der Waals surface area contributed by atoms with Gasteiger partial charge in [-0.2, -0.15) is 4.99 Å². The first-order chi connectivity index (χ1) is 15.9. The van der Waals surface area contributed by atoms with Gasteiger partial charge in [-0.15, -0.1) is 0 Å². The fourth-order valence-electron chi connectivity index (χ4n) is 4.05. The van der Waals surface area contributed by atoms with Crippen molar-refractivity contribution in [1.82, 2.24) is 9.80 Å². The number of nitrogens with two attached hydrogens (primary N) is 1. The molecule has 1 aliphatic heterocycles. The predicted octanol–water partition coefficient (Wildman–Crippen LogP) is 2.48. The normalized spacial score (nSPS) is 15.5. The summed E-state index contributed by atoms with van der Waals surface area (Å²) in [6.45, 7) is 3.12. The summed E-state index contributed by atoms with van der Waals surface area (Å²) in [6.07, 6.45) is 1.72. The SMILES string of the molecule is CC(=O)C(Cc1cccc2ccccc12)C(=O)N=C(N)N1CCN(C(=O)c2ccco2)CC1. The van der Waals surface area contributed by atoms with Crippen molar-refractivity contribution in [2.45, 2.75) is 13.3 Å². The molecular formula is C25H26N4O4. The molecule has 2 heterocycles. The molecule has 1 aliphatic rings. The maximum atomic E-state index is 12.9. The first-order valence-electron chi connectivity index (χ1n) is 10.9. The van der Waals surface area contributed by atoms with Crippen LogP contribution in [0.3, 0.4) is 0 Å². The number of furan rings is 1. The van der Waals surface area contributed by atoms with Gasteiger partial charge in [-0.3, -0.25) is 14.4 Å². The van der Waals surface area contributed by atoms with E-state index < -0.39 is 11.8 Å². The van der Waals surface area contributed by atoms with Crippen LogP contribution in [0.25, 0.3) is 10.8 Å². The third-order valence-electron chi connectivity index (χ3n) is 5.94. The number of benzene rings is 2. The number of aliphatic imine (C=N–C) groups is 1. The molecule has 8 heteroatoms. The number of carbonyl (C=O) groups excluding carboxylic acids is 3. The second-order valence-electron chi connectivity index (χ2n) is 8.07. The third kappa shape index (κ3) is 4.95. The highest BCUT2D eigenvalue weighted by Crippen LogP contribution is 2.22. The van der Waals surface area contributed by atoms with Crippen LogP contribution in [-0.4, -0.2) is 59.5 Å². The summed E-state index contributed by atoms with van der Waals surface area (Å²) < 4.78 is 5.17. The molecule has 2 N–H and O–H groups in total. The predicted molar refractivity (Wildman–Crippen MR) is 125 cm³/mol. The number of nitrogens with zero attached hydrogens (tertiary/aromatic N) is 3. The van der Waals surface area contributed by atoms with Gasteiger partial charge in [0.1, 0.15) is 11.7 Å². The Balaban J connectivity index is 1.43. The van der Waals surface area contributed by atoms with E-state index in [9.17, 15) is 14.4 Å². The summed E-state index contributed by atoms with van der Waals surface area (Å²) in [4.78, 5) is 45.1. The van der Waals surface area contributed by atoms with E-state index in [4.69, 9.17) is 10.2 Å². The summed E-state index contributed by atoms with van der Waals surface area (Å²) in [7, 11) is 0. The third-order valence-corrected chi connectivity index (χ3v) is 5.94. The van der Waals surface area contributed by atoms with Crippen molar-refractivity contribution in [1.29, 1.82) is 0 Å². The molecule has 0 saturated carbocycles. The molecule has 0 aliphatic carbocycles. The molecule has 170 valence electrons. The molecule has 1 unspecified atom stereocenters. The summed E-state index contributed by atoms with van der Waals surface area (Å²) in [5.74, 6) is -1.54. The fourth-order valence-corrected chi connectivity index (χ4v) is 4.05. The number of hydrogen-bond donors (Lipinski definition) is 1. The smallest absolute Gasteiger partial charge is 0.289 e. The Labute approximate surface area is 191 Å². The standard InChI is InChI=1S/C25H26N4O4/c1-17(30)21(16-19-8-4-7-18-6-2-3-9-20(18)19)23(31)27-25(26)29-13-11-28(12-14-29)24(32)22-10-5-15-33-22/h2-10,15,21H,11-14,16H2,1H3,(H2,26,27,31). The molecular weight excluding hydrogens is 420 g/mol. The molecule has 2 amide bonds. The largest absolute Gasteiger partial charge is 0.459 e. The number of ketones is 1. The maximum Gasteiger partial charge on any atom is 0.289 e. The van der Waals surface area contributed by atoms with Gasteiger partial charge >= 0.3 is 0 Å². The van der Waals surface area contributed by atoms with E-state index in [1.54, 1.807) is 21.9 Å². The van der Waals surface area contributed by atoms with Gasteiger partial charge in [0.05, 0.1) is 6.26 Å². The topological polar surface area (TPSA) is 109 Å². The minimum absolute atomic E-state index is 0.0641. The average molecular weight is 447 g/mol. The number of guanidine groups is 1. The quantitative estimate of drug-likeness (QED) is 0.366. The zero-order valence-electron chi connectivity index (χ0n) is 18.4. The van der Waals surface area contributed by atoms with Gasteiger partial charge in [0, 0.05) is 26.2 Å². The maximum absolute atomic E-state index is 12.9. The van der Waals surface area contributed by atoms with Crippen LogP contribution in [0.15, 0.2) is 70.3 Å². The van der Waals surface area contributed by atoms with Crippen LogP contribution in [0.1, 0.15) is 23.0 Å². The molecule has 1 fully saturated rings. The molecule has 33 heavy (non-hydrogen) atoms. The second-order valence-corrected chi connectivity index (χ2v) is 8.07. The Morgan fingerprint density at radius 3 is 2.36 bits per heavy atom. The monoisotopic (exact) mass is 446 g/mol. The van der Waals surface area contributed by atoms with Crippen LogP contribution in [0.2, 0.25) is 0 Å². The van der Waals surface area contributed by atoms with E-state index in [1.807, 2.05) is 42.5 Å². The van der Waals surface area contributed by atoms with Crippen molar-refractivity contribution in [3.05, 3.63) is 72.2 Å². The lowest BCUT2D eigenvalue weighted by Crippen LogP contribution is -2.52. The molecule has 8 nitrogen and oxygen atoms in total. The van der Waals surface area contributed by atoms with Crippen molar-refractivity contribution in [3.8, 4) is 0 Å². The Bertz CT molecular complexity index is 1190. The van der Waals surface area contributed by atoms with Crippen molar-refractivity contribution in [2.24, 2.45) is 16.6 Å². The number of Topliss-reactive ketones (excluding diaryl/α,β-unsaturated/α-hetero) is 1. The number of piperazine rings is 1. The summed E-state index contributed by atoms with van der Waals surface area (Å²) in [5.41, 5.74) is 7.03. The number of carbonyl (C=O) groups is 3. The Morgan fingerprint density at radius 2 is 1.67 bits per heavy atom. The van der Waals surface area contributed by atoms with E-state index in [1.165, 1.54) is 13.2 Å². The second kappa shape index (κ2) is 9.68. The number of rotatable bonds is 5. The van der Waals surface area contributed by atoms with Gasteiger partial charge in [0.25, 0.3) is 11.8 Å². The van der Waals surface area contributed by atoms with Gasteiger partial charge in [-0.1, -0.05) is 42.5 Å². The minimum atomic E-state index is -0.906. The summed E-state index contributed by atoms with van der Waals surface area (Å²) in [5, 5.41) is 2.06. The van der Waals surface area contributed by atoms with Crippen molar-refractivity contribution >= 4 is 34.3 Å². The van der Waals surface area contributed by atoms with Crippen LogP contribution in [-0.2, 0) is 16.0 Å². The summed E-state index contributed by atoms with van der Waals surface area (Å²) >= 11 is 0. The molecule has 3 aromatic rings. The van der Waals surface area contributed by atoms with E-state index in [-0.39, 0.29) is 29.8 Å². The molecule has 0 radical (unpaired) electrons. The zero-order chi connectivity index (χ0) is 23.4. The van der Waals surface area contributed by atoms with Crippen LogP contribution < -0.4 is 5.73 Å². The molecule has 4 rings (SSSR count). The molecule has 2 aromatic carbocycles. The number of fused-ring (bicyclic) bond motifs is 1. The molecule has 0 bridgehead atoms. The highest BCUT2D eigenvalue weighted by Gasteiger charge is 2.27. The fraction of sp³-hybridized carbons (Fsp3) is 0.280. The van der Waals surface area contributed by atoms with Crippen LogP contribution in [0.5, 0.6) is 0 Å². The van der Waals surface area contributed by atoms with Crippen molar-refractivity contribution in [2.75, 3.05) is 26.2 Å². The van der Waals surface area contributed by atoms with E-state index in [0.717, 1.165) is 16.3 Å². The van der Waals surface area contributed by atoms with Crippen LogP contribution in [0.4, 0.5) is 0 Å². The lowest BCUT2D eigenvalue weighted by atomic mass is 9.92. The van der Waals surface area contributed by atoms with Crippen LogP contribution in [0, 0.1) is 5.92 Å². The lowest BCUT2D eigenvalue weighted by molar-refractivity contribution is -0.130. The van der Waals surface area contributed by atoms with E-state index in [0.29, 0.717) is 26.2 Å². The number of amides is 2. The van der Waals surface area contributed by atoms with Crippen molar-refractivity contribution < 1.29 is 18.8 Å². The van der Waals surface area contributed by atoms with Crippen molar-refractivity contribution in [3.63, 3.8) is 0 Å². The van der Waals surface area contributed by atoms with Gasteiger partial charge in [-0.25, -0.2) is 0 Å². The Hall–Kier alpha value is -3.94. The Morgan fingerprint density at radius 1 is 0.970 bits per heavy atom. The van der Waals surface area contributed by atoms with Gasteiger partial charge in [-0.05, 0) is 41.8 Å². The van der Waals surface area contributed by atoms with Gasteiger partial charge in [0.15, 0.2) is 11.7 Å². The minimum Gasteiger partial charge on any atom is -0.459 e. The molecule has 1 aromatic heterocycles. The van der Waals surface area contributed by atoms with Crippen LogP contribution >= 0.6 is 0 Å². The highest BCUT2D eigenvalue weighted by molar-refractivity contribution is 6.05. The van der Waals surface area contributed by atoms with E-state index >= 15 is 0 Å². The molecule has 1 saturated heterocycles. The first kappa shape index (κ1) is 22.3. The summed E-state index contributed by atoms with van der Waals surface area (Å²) in [6, 6.07) is 17.0. The van der Waals surface area contributed by atoms with E-state index in [2.05, 4.69) is 4.99 Å². The molecule has 0 spiro atoms. The zero-order valence-corrected chi connectivity index (χ0v) is 18.4. The highest BCUT2D eigenvalue weighted by atomic mass is 16.3. The first-order valence-corrected chi connectivity index (χ1v) is 10.9. The number of hydrogen-bond acceptors (Lipinski definition) is 4.